The second kappa shape index (κ2) is 9.56. The number of hydrogen-bond acceptors (Lipinski definition) is 7. The highest BCUT2D eigenvalue weighted by atomic mass is 32.2. The summed E-state index contributed by atoms with van der Waals surface area (Å²) >= 11 is 1.54. The maximum Gasteiger partial charge on any atom is 0.308 e. The van der Waals surface area contributed by atoms with E-state index in [2.05, 4.69) is 11.5 Å². The number of aliphatic carboxylic acids is 1. The molecule has 0 saturated carbocycles. The van der Waals surface area contributed by atoms with Crippen LogP contribution in [0.5, 0.6) is 0 Å². The van der Waals surface area contributed by atoms with Crippen LogP contribution in [0.25, 0.3) is 0 Å². The molecule has 5 atom stereocenters. The van der Waals surface area contributed by atoms with Gasteiger partial charge in [0.05, 0.1) is 29.8 Å². The molecule has 0 aromatic rings. The Bertz CT molecular complexity index is 805. The molecular weight excluding hydrogens is 446 g/mol. The van der Waals surface area contributed by atoms with E-state index < -0.39 is 33.3 Å². The van der Waals surface area contributed by atoms with Gasteiger partial charge in [0.2, 0.25) is 11.8 Å². The fraction of sp³-hybridized carbons (Fsp3) is 0.783. The lowest BCUT2D eigenvalue weighted by Gasteiger charge is -2.38. The number of carbonyl (C=O) groups excluding carboxylic acids is 2. The van der Waals surface area contributed by atoms with E-state index in [9.17, 15) is 24.6 Å². The first kappa shape index (κ1) is 24.5. The molecule has 0 aromatic heterocycles. The molecule has 9 nitrogen and oxygen atoms in total. The molecule has 0 aliphatic carbocycles. The number of nitrogens with zero attached hydrogens (tertiary/aromatic N) is 3. The zero-order valence-electron chi connectivity index (χ0n) is 19.3. The monoisotopic (exact) mass is 481 g/mol. The molecule has 33 heavy (non-hydrogen) atoms. The molecule has 2 N–H and O–H groups in total. The molecule has 184 valence electrons. The van der Waals surface area contributed by atoms with Gasteiger partial charge in [-0.3, -0.25) is 19.3 Å². The normalized spacial score (nSPS) is 35.6. The van der Waals surface area contributed by atoms with E-state index in [-0.39, 0.29) is 25.0 Å². The van der Waals surface area contributed by atoms with Gasteiger partial charge in [-0.2, -0.15) is 0 Å². The third-order valence-corrected chi connectivity index (χ3v) is 9.77. The van der Waals surface area contributed by atoms with Crippen molar-refractivity contribution in [1.29, 1.82) is 0 Å². The largest absolute Gasteiger partial charge is 0.481 e. The zero-order chi connectivity index (χ0) is 23.8. The predicted octanol–water partition coefficient (Wildman–Crippen LogP) is 0.282. The highest BCUT2D eigenvalue weighted by molar-refractivity contribution is 8.02. The van der Waals surface area contributed by atoms with Crippen LogP contribution in [0.15, 0.2) is 12.7 Å². The number of ether oxygens (including phenoxy) is 1. The van der Waals surface area contributed by atoms with Crippen LogP contribution in [0.3, 0.4) is 0 Å². The number of likely N-dealkylation sites (tertiary alicyclic amines) is 1. The van der Waals surface area contributed by atoms with Gasteiger partial charge < -0.3 is 24.7 Å². The second-order valence-electron chi connectivity index (χ2n) is 9.70. The number of rotatable bonds is 10. The van der Waals surface area contributed by atoms with Crippen LogP contribution >= 0.6 is 11.8 Å². The Morgan fingerprint density at radius 2 is 2.03 bits per heavy atom. The van der Waals surface area contributed by atoms with Gasteiger partial charge in [0.1, 0.15) is 6.04 Å². The van der Waals surface area contributed by atoms with Crippen molar-refractivity contribution >= 4 is 29.5 Å². The molecule has 0 aromatic carbocycles. The molecule has 4 heterocycles. The SMILES string of the molecule is C=CCN(CCN1CCOCC1)C(=O)C1N(CCCO)C(=O)[C@@H]2[C@@H](C(=O)O)[C@@]3(C)CCC12S3. The van der Waals surface area contributed by atoms with Gasteiger partial charge in [-0.05, 0) is 26.2 Å². The number of carbonyl (C=O) groups is 3. The summed E-state index contributed by atoms with van der Waals surface area (Å²) in [6.07, 6.45) is 3.37. The van der Waals surface area contributed by atoms with Crippen molar-refractivity contribution < 1.29 is 29.3 Å². The van der Waals surface area contributed by atoms with Gasteiger partial charge in [0, 0.05) is 50.6 Å². The van der Waals surface area contributed by atoms with Crippen LogP contribution in [-0.4, -0.2) is 117 Å². The number of thioether (sulfide) groups is 1. The molecule has 4 saturated heterocycles. The molecule has 10 heteroatoms. The number of carboxylic acids is 1. The predicted molar refractivity (Wildman–Crippen MR) is 124 cm³/mol. The number of hydrogen-bond donors (Lipinski definition) is 2. The minimum absolute atomic E-state index is 0.0943. The maximum atomic E-state index is 14.1. The molecule has 2 amide bonds. The van der Waals surface area contributed by atoms with Crippen molar-refractivity contribution in [3.63, 3.8) is 0 Å². The Hall–Kier alpha value is -1.62. The minimum Gasteiger partial charge on any atom is -0.481 e. The number of aliphatic hydroxyl groups is 1. The lowest BCUT2D eigenvalue weighted by atomic mass is 9.66. The lowest BCUT2D eigenvalue weighted by Crippen LogP contribution is -2.56. The van der Waals surface area contributed by atoms with Gasteiger partial charge >= 0.3 is 5.97 Å². The van der Waals surface area contributed by atoms with Crippen molar-refractivity contribution in [1.82, 2.24) is 14.7 Å². The van der Waals surface area contributed by atoms with Gasteiger partial charge in [0.25, 0.3) is 0 Å². The fourth-order valence-electron chi connectivity index (χ4n) is 6.27. The maximum absolute atomic E-state index is 14.1. The first-order valence-corrected chi connectivity index (χ1v) is 12.6. The smallest absolute Gasteiger partial charge is 0.308 e. The molecule has 2 unspecified atom stereocenters. The quantitative estimate of drug-likeness (QED) is 0.428. The molecule has 0 radical (unpaired) electrons. The van der Waals surface area contributed by atoms with Crippen LogP contribution in [0.1, 0.15) is 26.2 Å². The summed E-state index contributed by atoms with van der Waals surface area (Å²) in [4.78, 5) is 45.5. The molecule has 4 aliphatic rings. The van der Waals surface area contributed by atoms with E-state index in [1.807, 2.05) is 6.92 Å². The Labute approximate surface area is 199 Å². The van der Waals surface area contributed by atoms with Crippen LogP contribution in [0, 0.1) is 11.8 Å². The molecule has 1 spiro atoms. The first-order valence-electron chi connectivity index (χ1n) is 11.8. The highest BCUT2D eigenvalue weighted by Crippen LogP contribution is 2.71. The molecule has 4 aliphatic heterocycles. The van der Waals surface area contributed by atoms with Gasteiger partial charge in [-0.15, -0.1) is 18.3 Å². The van der Waals surface area contributed by atoms with Crippen molar-refractivity contribution in [2.75, 3.05) is 59.1 Å². The number of fused-ring (bicyclic) bond motifs is 1. The summed E-state index contributed by atoms with van der Waals surface area (Å²) < 4.78 is 4.12. The average Bonchev–Trinajstić information content (AvgIpc) is 3.36. The van der Waals surface area contributed by atoms with Crippen LogP contribution < -0.4 is 0 Å². The molecular formula is C23H35N3O6S. The molecule has 4 rings (SSSR count). The molecule has 2 bridgehead atoms. The van der Waals surface area contributed by atoms with E-state index in [0.29, 0.717) is 52.1 Å². The van der Waals surface area contributed by atoms with Crippen LogP contribution in [0.4, 0.5) is 0 Å². The van der Waals surface area contributed by atoms with E-state index in [0.717, 1.165) is 13.1 Å². The van der Waals surface area contributed by atoms with Gasteiger partial charge in [0.15, 0.2) is 0 Å². The minimum atomic E-state index is -0.963. The topological polar surface area (TPSA) is 111 Å². The molecule has 4 fully saturated rings. The Kier molecular flexibility index (Phi) is 7.10. The number of amides is 2. The number of morpholine rings is 1. The standard InChI is InChI=1S/C23H35N3O6S/c1-3-7-25(10-9-24-11-14-32-15-12-24)20(29)18-23-6-5-22(2,33-23)17(21(30)31)16(23)19(28)26(18)8-4-13-27/h3,16-18,27H,1,4-15H2,2H3,(H,30,31)/t16-,17-,18?,22+,23?/m0/s1. The van der Waals surface area contributed by atoms with Crippen molar-refractivity contribution in [2.24, 2.45) is 11.8 Å². The third kappa shape index (κ3) is 4.09. The van der Waals surface area contributed by atoms with E-state index in [4.69, 9.17) is 4.74 Å². The summed E-state index contributed by atoms with van der Waals surface area (Å²) in [7, 11) is 0. The van der Waals surface area contributed by atoms with Crippen molar-refractivity contribution in [3.05, 3.63) is 12.7 Å². The van der Waals surface area contributed by atoms with Crippen molar-refractivity contribution in [2.45, 2.75) is 41.7 Å². The van der Waals surface area contributed by atoms with Crippen molar-refractivity contribution in [3.8, 4) is 0 Å². The number of carboxylic acid groups (broad SMARTS) is 1. The summed E-state index contributed by atoms with van der Waals surface area (Å²) in [5.74, 6) is -2.87. The zero-order valence-corrected chi connectivity index (χ0v) is 20.1. The Balaban J connectivity index is 1.63. The summed E-state index contributed by atoms with van der Waals surface area (Å²) in [6, 6.07) is -0.720. The summed E-state index contributed by atoms with van der Waals surface area (Å²) in [6.45, 7) is 10.5. The second-order valence-corrected chi connectivity index (χ2v) is 11.6. The first-order chi connectivity index (χ1) is 15.8. The van der Waals surface area contributed by atoms with Gasteiger partial charge in [-0.25, -0.2) is 0 Å². The summed E-state index contributed by atoms with van der Waals surface area (Å²) in [5.41, 5.74) is 0. The van der Waals surface area contributed by atoms with Crippen LogP contribution in [0.2, 0.25) is 0 Å². The Morgan fingerprint density at radius 1 is 1.30 bits per heavy atom. The highest BCUT2D eigenvalue weighted by Gasteiger charge is 2.77. The van der Waals surface area contributed by atoms with Crippen LogP contribution in [-0.2, 0) is 19.1 Å². The van der Waals surface area contributed by atoms with E-state index in [1.54, 1.807) is 27.6 Å². The van der Waals surface area contributed by atoms with E-state index in [1.165, 1.54) is 0 Å². The number of aliphatic hydroxyl groups excluding tert-OH is 1. The lowest BCUT2D eigenvalue weighted by molar-refractivity contribution is -0.150. The fourth-order valence-corrected chi connectivity index (χ4v) is 8.61. The van der Waals surface area contributed by atoms with E-state index >= 15 is 0 Å². The third-order valence-electron chi connectivity index (χ3n) is 7.78. The summed E-state index contributed by atoms with van der Waals surface area (Å²) in [5, 5.41) is 19.4. The Morgan fingerprint density at radius 3 is 2.67 bits per heavy atom. The van der Waals surface area contributed by atoms with Gasteiger partial charge in [-0.1, -0.05) is 6.08 Å². The average molecular weight is 482 g/mol.